The topological polar surface area (TPSA) is 81.9 Å². The monoisotopic (exact) mass is 326 g/mol. The predicted molar refractivity (Wildman–Crippen MR) is 82.1 cm³/mol. The van der Waals surface area contributed by atoms with E-state index in [9.17, 15) is 9.59 Å². The molecule has 2 N–H and O–H groups in total. The van der Waals surface area contributed by atoms with Gasteiger partial charge in [0.15, 0.2) is 6.61 Å². The van der Waals surface area contributed by atoms with Crippen LogP contribution in [0.25, 0.3) is 0 Å². The Morgan fingerprint density at radius 1 is 1.50 bits per heavy atom. The minimum Gasteiger partial charge on any atom is -0.483 e. The fourth-order valence-corrected chi connectivity index (χ4v) is 2.40. The highest BCUT2D eigenvalue weighted by Gasteiger charge is 2.23. The molecule has 120 valence electrons. The maximum absolute atomic E-state index is 12.2. The Kier molecular flexibility index (Phi) is 5.63. The first-order chi connectivity index (χ1) is 10.5. The van der Waals surface area contributed by atoms with Crippen LogP contribution >= 0.6 is 11.6 Å². The molecule has 1 aromatic rings. The maximum atomic E-state index is 12.2. The molecule has 1 aliphatic rings. The van der Waals surface area contributed by atoms with E-state index in [1.54, 1.807) is 11.0 Å². The molecule has 1 saturated heterocycles. The van der Waals surface area contributed by atoms with Crippen LogP contribution in [-0.2, 0) is 9.53 Å². The lowest BCUT2D eigenvalue weighted by molar-refractivity contribution is -0.141. The summed E-state index contributed by atoms with van der Waals surface area (Å²) in [6, 6.07) is 4.50. The molecule has 0 saturated carbocycles. The van der Waals surface area contributed by atoms with Crippen molar-refractivity contribution in [2.75, 3.05) is 26.3 Å². The first-order valence-electron chi connectivity index (χ1n) is 7.12. The minimum absolute atomic E-state index is 0.0602. The van der Waals surface area contributed by atoms with Gasteiger partial charge in [0.25, 0.3) is 11.8 Å². The molecule has 1 aliphatic heterocycles. The molecule has 0 radical (unpaired) electrons. The van der Waals surface area contributed by atoms with Crippen LogP contribution < -0.4 is 10.5 Å². The SMILES string of the molecule is CC[C@H]1CN(C(=O)COc2cc(Cl)ccc2C(N)=O)CCO1. The van der Waals surface area contributed by atoms with E-state index in [-0.39, 0.29) is 29.9 Å². The number of halogens is 1. The number of carbonyl (C=O) groups is 2. The van der Waals surface area contributed by atoms with Gasteiger partial charge in [0, 0.05) is 18.1 Å². The van der Waals surface area contributed by atoms with Crippen LogP contribution in [0.3, 0.4) is 0 Å². The smallest absolute Gasteiger partial charge is 0.260 e. The Bertz CT molecular complexity index is 564. The molecule has 22 heavy (non-hydrogen) atoms. The zero-order valence-corrected chi connectivity index (χ0v) is 13.1. The number of amides is 2. The van der Waals surface area contributed by atoms with Crippen LogP contribution in [0.4, 0.5) is 0 Å². The average molecular weight is 327 g/mol. The second kappa shape index (κ2) is 7.47. The highest BCUT2D eigenvalue weighted by Crippen LogP contribution is 2.23. The van der Waals surface area contributed by atoms with Gasteiger partial charge in [-0.2, -0.15) is 0 Å². The highest BCUT2D eigenvalue weighted by atomic mass is 35.5. The standard InChI is InChI=1S/C15H19ClN2O4/c1-2-11-8-18(5-6-21-11)14(19)9-22-13-7-10(16)3-4-12(13)15(17)20/h3-4,7,11H,2,5-6,8-9H2,1H3,(H2,17,20)/t11-/m0/s1. The molecule has 1 fully saturated rings. The van der Waals surface area contributed by atoms with Gasteiger partial charge in [-0.1, -0.05) is 18.5 Å². The quantitative estimate of drug-likeness (QED) is 0.888. The van der Waals surface area contributed by atoms with Gasteiger partial charge in [0.2, 0.25) is 0 Å². The van der Waals surface area contributed by atoms with Crippen molar-refractivity contribution in [3.8, 4) is 5.75 Å². The number of nitrogens with two attached hydrogens (primary N) is 1. The molecule has 2 amide bonds. The average Bonchev–Trinajstić information content (AvgIpc) is 2.52. The first-order valence-corrected chi connectivity index (χ1v) is 7.50. The summed E-state index contributed by atoms with van der Waals surface area (Å²) in [4.78, 5) is 25.2. The molecule has 1 atom stereocenters. The lowest BCUT2D eigenvalue weighted by Crippen LogP contribution is -2.47. The predicted octanol–water partition coefficient (Wildman–Crippen LogP) is 1.46. The van der Waals surface area contributed by atoms with Gasteiger partial charge in [0.05, 0.1) is 18.3 Å². The Labute approximate surface area is 134 Å². The van der Waals surface area contributed by atoms with E-state index in [1.165, 1.54) is 12.1 Å². The molecule has 0 bridgehead atoms. The second-order valence-corrected chi connectivity index (χ2v) is 5.47. The van der Waals surface area contributed by atoms with Crippen molar-refractivity contribution in [3.05, 3.63) is 28.8 Å². The van der Waals surface area contributed by atoms with Gasteiger partial charge in [-0.3, -0.25) is 9.59 Å². The number of nitrogens with zero attached hydrogens (tertiary/aromatic N) is 1. The Morgan fingerprint density at radius 3 is 2.95 bits per heavy atom. The molecule has 0 spiro atoms. The minimum atomic E-state index is -0.628. The Balaban J connectivity index is 1.99. The number of ether oxygens (including phenoxy) is 2. The van der Waals surface area contributed by atoms with Crippen LogP contribution in [0.5, 0.6) is 5.75 Å². The third-order valence-electron chi connectivity index (χ3n) is 3.51. The van der Waals surface area contributed by atoms with Crippen LogP contribution in [0.1, 0.15) is 23.7 Å². The number of rotatable bonds is 5. The molecule has 0 aromatic heterocycles. The van der Waals surface area contributed by atoms with Crippen molar-refractivity contribution in [2.45, 2.75) is 19.4 Å². The number of primary amides is 1. The summed E-state index contributed by atoms with van der Waals surface area (Å²) in [6.45, 7) is 3.46. The van der Waals surface area contributed by atoms with Gasteiger partial charge in [-0.25, -0.2) is 0 Å². The van der Waals surface area contributed by atoms with E-state index in [2.05, 4.69) is 0 Å². The fourth-order valence-electron chi connectivity index (χ4n) is 2.24. The van der Waals surface area contributed by atoms with E-state index < -0.39 is 5.91 Å². The summed E-state index contributed by atoms with van der Waals surface area (Å²) in [5.74, 6) is -0.567. The normalized spacial score (nSPS) is 18.1. The molecule has 0 aliphatic carbocycles. The lowest BCUT2D eigenvalue weighted by Gasteiger charge is -2.32. The molecular formula is C15H19ClN2O4. The summed E-state index contributed by atoms with van der Waals surface area (Å²) < 4.78 is 11.0. The van der Waals surface area contributed by atoms with Crippen LogP contribution in [-0.4, -0.2) is 49.1 Å². The van der Waals surface area contributed by atoms with Gasteiger partial charge < -0.3 is 20.1 Å². The van der Waals surface area contributed by atoms with Crippen molar-refractivity contribution in [1.82, 2.24) is 4.90 Å². The van der Waals surface area contributed by atoms with Crippen molar-refractivity contribution >= 4 is 23.4 Å². The molecule has 1 aromatic carbocycles. The first kappa shape index (κ1) is 16.6. The van der Waals surface area contributed by atoms with Crippen LogP contribution in [0.15, 0.2) is 18.2 Å². The fraction of sp³-hybridized carbons (Fsp3) is 0.467. The number of benzene rings is 1. The summed E-state index contributed by atoms with van der Waals surface area (Å²) in [5, 5.41) is 0.407. The summed E-state index contributed by atoms with van der Waals surface area (Å²) in [7, 11) is 0. The zero-order chi connectivity index (χ0) is 16.1. The third kappa shape index (κ3) is 4.11. The number of carbonyl (C=O) groups excluding carboxylic acids is 2. The van der Waals surface area contributed by atoms with Gasteiger partial charge in [-0.15, -0.1) is 0 Å². The molecule has 6 nitrogen and oxygen atoms in total. The van der Waals surface area contributed by atoms with Crippen molar-refractivity contribution < 1.29 is 19.1 Å². The molecular weight excluding hydrogens is 308 g/mol. The van der Waals surface area contributed by atoms with Crippen molar-refractivity contribution in [1.29, 1.82) is 0 Å². The van der Waals surface area contributed by atoms with E-state index in [4.69, 9.17) is 26.8 Å². The molecule has 7 heteroatoms. The summed E-state index contributed by atoms with van der Waals surface area (Å²) in [5.41, 5.74) is 5.48. The Hall–Kier alpha value is -1.79. The number of hydrogen-bond donors (Lipinski definition) is 1. The van der Waals surface area contributed by atoms with E-state index in [1.807, 2.05) is 6.92 Å². The second-order valence-electron chi connectivity index (χ2n) is 5.03. The molecule has 2 rings (SSSR count). The van der Waals surface area contributed by atoms with Gasteiger partial charge >= 0.3 is 0 Å². The number of morpholine rings is 1. The summed E-state index contributed by atoms with van der Waals surface area (Å²) >= 11 is 5.88. The Morgan fingerprint density at radius 2 is 2.27 bits per heavy atom. The van der Waals surface area contributed by atoms with Crippen LogP contribution in [0, 0.1) is 0 Å². The zero-order valence-electron chi connectivity index (χ0n) is 12.4. The van der Waals surface area contributed by atoms with E-state index >= 15 is 0 Å². The lowest BCUT2D eigenvalue weighted by atomic mass is 10.2. The van der Waals surface area contributed by atoms with Crippen LogP contribution in [0.2, 0.25) is 5.02 Å². The van der Waals surface area contributed by atoms with Gasteiger partial charge in [0.1, 0.15) is 5.75 Å². The summed E-state index contributed by atoms with van der Waals surface area (Å²) in [6.07, 6.45) is 0.912. The van der Waals surface area contributed by atoms with Crippen molar-refractivity contribution in [3.63, 3.8) is 0 Å². The van der Waals surface area contributed by atoms with E-state index in [0.717, 1.165) is 6.42 Å². The number of hydrogen-bond acceptors (Lipinski definition) is 4. The van der Waals surface area contributed by atoms with Crippen molar-refractivity contribution in [2.24, 2.45) is 5.73 Å². The van der Waals surface area contributed by atoms with Gasteiger partial charge in [-0.05, 0) is 24.6 Å². The van der Waals surface area contributed by atoms with E-state index in [0.29, 0.717) is 24.7 Å². The molecule has 0 unspecified atom stereocenters. The molecule has 1 heterocycles. The largest absolute Gasteiger partial charge is 0.483 e. The highest BCUT2D eigenvalue weighted by molar-refractivity contribution is 6.30. The maximum Gasteiger partial charge on any atom is 0.260 e. The third-order valence-corrected chi connectivity index (χ3v) is 3.74.